The molecule has 0 saturated heterocycles. The predicted octanol–water partition coefficient (Wildman–Crippen LogP) is 18.7. The Morgan fingerprint density at radius 3 is 1.58 bits per heavy atom. The molecule has 0 atom stereocenters. The van der Waals surface area contributed by atoms with E-state index >= 15 is 0 Å². The lowest BCUT2D eigenvalue weighted by Gasteiger charge is -2.35. The van der Waals surface area contributed by atoms with E-state index in [1.54, 1.807) is 0 Å². The number of benzene rings is 11. The Labute approximate surface area is 432 Å². The molecule has 0 spiro atoms. The molecule has 0 amide bonds. The SMILES string of the molecule is C1=CCc2c(n(-c3ccc(-c4ccccc4-c4ccc(N(c5ccc(-c6ccccc6)cc5)c5ccc6c(c5)C(c5ccccc5)(c5ccccc5)c5ccccc5-6)cc4)cc3)c3ccc4ccccc4c23)C=C1. The average Bonchev–Trinajstić information content (AvgIpc) is 3.92. The molecule has 348 valence electrons. The van der Waals surface area contributed by atoms with Crippen LogP contribution in [0.25, 0.3) is 77.9 Å². The highest BCUT2D eigenvalue weighted by Crippen LogP contribution is 2.57. The molecule has 0 bridgehead atoms. The van der Waals surface area contributed by atoms with Gasteiger partial charge < -0.3 is 9.47 Å². The maximum atomic E-state index is 2.45. The van der Waals surface area contributed by atoms with Gasteiger partial charge in [-0.15, -0.1) is 0 Å². The number of rotatable bonds is 9. The summed E-state index contributed by atoms with van der Waals surface area (Å²) in [5.74, 6) is 0. The van der Waals surface area contributed by atoms with E-state index < -0.39 is 5.41 Å². The van der Waals surface area contributed by atoms with Crippen LogP contribution in [-0.2, 0) is 11.8 Å². The number of aromatic nitrogens is 1. The van der Waals surface area contributed by atoms with Crippen LogP contribution in [0.15, 0.2) is 285 Å². The summed E-state index contributed by atoms with van der Waals surface area (Å²) in [5.41, 5.74) is 22.5. The highest BCUT2D eigenvalue weighted by atomic mass is 15.1. The summed E-state index contributed by atoms with van der Waals surface area (Å²) in [7, 11) is 0. The minimum absolute atomic E-state index is 0.517. The van der Waals surface area contributed by atoms with Gasteiger partial charge in [0, 0.05) is 28.1 Å². The molecule has 11 aromatic carbocycles. The summed E-state index contributed by atoms with van der Waals surface area (Å²) in [6.07, 6.45) is 9.78. The molecule has 14 rings (SSSR count). The third-order valence-corrected chi connectivity index (χ3v) is 15.6. The van der Waals surface area contributed by atoms with Crippen LogP contribution in [0.4, 0.5) is 17.1 Å². The van der Waals surface area contributed by atoms with Crippen molar-refractivity contribution in [2.24, 2.45) is 0 Å². The van der Waals surface area contributed by atoms with E-state index in [0.717, 1.165) is 34.7 Å². The molecule has 2 heteroatoms. The first-order chi connectivity index (χ1) is 36.7. The Hall–Kier alpha value is -9.50. The van der Waals surface area contributed by atoms with Crippen molar-refractivity contribution in [3.05, 3.63) is 319 Å². The lowest BCUT2D eigenvalue weighted by Crippen LogP contribution is -2.28. The fourth-order valence-corrected chi connectivity index (χ4v) is 12.2. The van der Waals surface area contributed by atoms with Gasteiger partial charge in [-0.2, -0.15) is 0 Å². The maximum absolute atomic E-state index is 2.45. The van der Waals surface area contributed by atoms with Gasteiger partial charge in [-0.1, -0.05) is 231 Å². The average molecular weight is 943 g/mol. The van der Waals surface area contributed by atoms with Crippen LogP contribution in [0.5, 0.6) is 0 Å². The first-order valence-corrected chi connectivity index (χ1v) is 25.7. The van der Waals surface area contributed by atoms with E-state index in [4.69, 9.17) is 0 Å². The van der Waals surface area contributed by atoms with Crippen molar-refractivity contribution in [1.29, 1.82) is 0 Å². The number of anilines is 3. The summed E-state index contributed by atoms with van der Waals surface area (Å²) in [4.78, 5) is 2.42. The minimum atomic E-state index is -0.517. The van der Waals surface area contributed by atoms with E-state index in [-0.39, 0.29) is 0 Å². The largest absolute Gasteiger partial charge is 0.310 e. The predicted molar refractivity (Wildman–Crippen MR) is 311 cm³/mol. The second kappa shape index (κ2) is 18.0. The Bertz CT molecular complexity index is 4070. The third kappa shape index (κ3) is 7.02. The van der Waals surface area contributed by atoms with Crippen LogP contribution >= 0.6 is 0 Å². The zero-order valence-corrected chi connectivity index (χ0v) is 40.8. The van der Waals surface area contributed by atoms with Crippen molar-refractivity contribution >= 4 is 44.8 Å². The van der Waals surface area contributed by atoms with Gasteiger partial charge in [0.25, 0.3) is 0 Å². The Kier molecular flexibility index (Phi) is 10.5. The Morgan fingerprint density at radius 2 is 0.905 bits per heavy atom. The topological polar surface area (TPSA) is 8.17 Å². The summed E-state index contributed by atoms with van der Waals surface area (Å²) in [6, 6.07) is 98.4. The molecular weight excluding hydrogens is 893 g/mol. The number of nitrogens with zero attached hydrogens (tertiary/aromatic N) is 2. The van der Waals surface area contributed by atoms with Gasteiger partial charge in [0.15, 0.2) is 0 Å². The Balaban J connectivity index is 0.869. The minimum Gasteiger partial charge on any atom is -0.310 e. The van der Waals surface area contributed by atoms with Gasteiger partial charge in [-0.25, -0.2) is 0 Å². The van der Waals surface area contributed by atoms with Crippen LogP contribution < -0.4 is 4.90 Å². The fourth-order valence-electron chi connectivity index (χ4n) is 12.2. The molecule has 0 saturated carbocycles. The van der Waals surface area contributed by atoms with Crippen LogP contribution in [0.1, 0.15) is 33.5 Å². The molecule has 0 radical (unpaired) electrons. The second-order valence-corrected chi connectivity index (χ2v) is 19.5. The van der Waals surface area contributed by atoms with Crippen LogP contribution in [0.2, 0.25) is 0 Å². The highest BCUT2D eigenvalue weighted by Gasteiger charge is 2.46. The van der Waals surface area contributed by atoms with E-state index in [2.05, 4.69) is 301 Å². The molecule has 2 nitrogen and oxygen atoms in total. The maximum Gasteiger partial charge on any atom is 0.0714 e. The molecule has 0 aliphatic heterocycles. The third-order valence-electron chi connectivity index (χ3n) is 15.6. The van der Waals surface area contributed by atoms with E-state index in [9.17, 15) is 0 Å². The first kappa shape index (κ1) is 43.3. The van der Waals surface area contributed by atoms with Crippen molar-refractivity contribution in [2.75, 3.05) is 4.90 Å². The summed E-state index contributed by atoms with van der Waals surface area (Å²) < 4.78 is 2.44. The van der Waals surface area contributed by atoms with E-state index in [0.29, 0.717) is 0 Å². The van der Waals surface area contributed by atoms with Crippen LogP contribution in [-0.4, -0.2) is 4.57 Å². The molecule has 1 aromatic heterocycles. The molecule has 2 aliphatic carbocycles. The molecule has 0 fully saturated rings. The van der Waals surface area contributed by atoms with Crippen molar-refractivity contribution in [1.82, 2.24) is 4.57 Å². The quantitative estimate of drug-likeness (QED) is 0.140. The monoisotopic (exact) mass is 942 g/mol. The number of allylic oxidation sites excluding steroid dienone is 3. The molecule has 1 heterocycles. The molecule has 0 N–H and O–H groups in total. The van der Waals surface area contributed by atoms with Gasteiger partial charge in [0.1, 0.15) is 0 Å². The number of hydrogen-bond acceptors (Lipinski definition) is 1. The second-order valence-electron chi connectivity index (χ2n) is 19.5. The highest BCUT2D eigenvalue weighted by molar-refractivity contribution is 6.10. The van der Waals surface area contributed by atoms with E-state index in [1.165, 1.54) is 94.1 Å². The smallest absolute Gasteiger partial charge is 0.0714 e. The fraction of sp³-hybridized carbons (Fsp3) is 0.0278. The lowest BCUT2D eigenvalue weighted by atomic mass is 9.67. The van der Waals surface area contributed by atoms with Crippen molar-refractivity contribution in [3.63, 3.8) is 0 Å². The van der Waals surface area contributed by atoms with Gasteiger partial charge in [0.05, 0.1) is 16.6 Å². The molecule has 12 aromatic rings. The Morgan fingerprint density at radius 1 is 0.378 bits per heavy atom. The zero-order valence-electron chi connectivity index (χ0n) is 40.8. The first-order valence-electron chi connectivity index (χ1n) is 25.7. The van der Waals surface area contributed by atoms with Gasteiger partial charge >= 0.3 is 0 Å². The lowest BCUT2D eigenvalue weighted by molar-refractivity contribution is 0.768. The van der Waals surface area contributed by atoms with Crippen molar-refractivity contribution in [3.8, 4) is 50.2 Å². The van der Waals surface area contributed by atoms with Crippen LogP contribution in [0.3, 0.4) is 0 Å². The standard InChI is InChI=1S/C72H50N2/c1-5-19-50(20-6-1)51-33-40-57(41-34-51)73(60-46-47-65-64-29-17-18-31-67(64)72(68(65)49-60,55-22-7-2-8-23-55)56-24-9-3-10-25-56)58-42-35-53(36-43-58)61-26-15-16-27-62(61)54-37-44-59(45-38-54)74-69-32-12-4-11-30-66(69)71-63-28-14-13-21-52(63)39-48-70(71)74/h1-29,31-49H,30H2. The normalized spacial score (nSPS) is 13.1. The summed E-state index contributed by atoms with van der Waals surface area (Å²) in [5, 5.41) is 3.91. The van der Waals surface area contributed by atoms with Crippen LogP contribution in [0, 0.1) is 0 Å². The molecule has 0 unspecified atom stereocenters. The summed E-state index contributed by atoms with van der Waals surface area (Å²) in [6.45, 7) is 0. The van der Waals surface area contributed by atoms with E-state index in [1.807, 2.05) is 0 Å². The summed E-state index contributed by atoms with van der Waals surface area (Å²) >= 11 is 0. The van der Waals surface area contributed by atoms with Gasteiger partial charge in [-0.05, 0) is 150 Å². The molecule has 2 aliphatic rings. The number of fused-ring (bicyclic) bond motifs is 8. The van der Waals surface area contributed by atoms with Gasteiger partial charge in [0.2, 0.25) is 0 Å². The molecular formula is C72H50N2. The van der Waals surface area contributed by atoms with Crippen molar-refractivity contribution < 1.29 is 0 Å². The zero-order chi connectivity index (χ0) is 49.0. The number of hydrogen-bond donors (Lipinski definition) is 0. The van der Waals surface area contributed by atoms with Crippen molar-refractivity contribution in [2.45, 2.75) is 11.8 Å². The van der Waals surface area contributed by atoms with Gasteiger partial charge in [-0.3, -0.25) is 0 Å². The molecule has 74 heavy (non-hydrogen) atoms.